The Labute approximate surface area is 167 Å². The van der Waals surface area contributed by atoms with Crippen molar-refractivity contribution in [3.8, 4) is 28.7 Å². The number of halogens is 1. The highest BCUT2D eigenvalue weighted by Crippen LogP contribution is 2.32. The summed E-state index contributed by atoms with van der Waals surface area (Å²) in [7, 11) is 1.59. The van der Waals surface area contributed by atoms with Gasteiger partial charge in [0, 0.05) is 18.9 Å². The van der Waals surface area contributed by atoms with Crippen LogP contribution in [0.4, 0.5) is 4.39 Å². The number of nitrogens with one attached hydrogen (secondary N) is 1. The monoisotopic (exact) mass is 400 g/mol. The van der Waals surface area contributed by atoms with Crippen LogP contribution in [0.1, 0.15) is 18.5 Å². The molecule has 0 amide bonds. The van der Waals surface area contributed by atoms with Gasteiger partial charge in [0.15, 0.2) is 5.82 Å². The van der Waals surface area contributed by atoms with E-state index in [0.717, 1.165) is 12.0 Å². The van der Waals surface area contributed by atoms with Crippen molar-refractivity contribution in [3.63, 3.8) is 0 Å². The highest BCUT2D eigenvalue weighted by atomic mass is 19.1. The van der Waals surface area contributed by atoms with Crippen molar-refractivity contribution in [2.45, 2.75) is 12.7 Å². The zero-order chi connectivity index (χ0) is 20.1. The normalized spacial score (nSPS) is 14.8. The van der Waals surface area contributed by atoms with Crippen LogP contribution >= 0.6 is 0 Å². The Morgan fingerprint density at radius 2 is 1.90 bits per heavy atom. The van der Waals surface area contributed by atoms with Gasteiger partial charge in [-0.25, -0.2) is 14.4 Å². The van der Waals surface area contributed by atoms with E-state index in [1.165, 1.54) is 12.1 Å². The molecule has 4 rings (SSSR count). The largest absolute Gasteiger partial charge is 0.461 e. The molecule has 8 nitrogen and oxygen atoms in total. The highest BCUT2D eigenvalue weighted by Gasteiger charge is 2.24. The van der Waals surface area contributed by atoms with E-state index in [2.05, 4.69) is 19.9 Å². The third kappa shape index (κ3) is 4.58. The zero-order valence-corrected chi connectivity index (χ0v) is 15.9. The van der Waals surface area contributed by atoms with Gasteiger partial charge in [-0.05, 0) is 36.8 Å². The lowest BCUT2D eigenvalue weighted by atomic mass is 10.1. The van der Waals surface area contributed by atoms with Crippen LogP contribution < -0.4 is 4.74 Å². The van der Waals surface area contributed by atoms with Gasteiger partial charge >= 0.3 is 6.01 Å². The molecule has 0 unspecified atom stereocenters. The van der Waals surface area contributed by atoms with E-state index in [1.807, 2.05) is 0 Å². The molecule has 3 aromatic rings. The molecule has 2 aromatic heterocycles. The fraction of sp³-hybridized carbons (Fsp3) is 0.350. The molecule has 1 saturated heterocycles. The average Bonchev–Trinajstić information content (AvgIpc) is 3.21. The molecule has 0 radical (unpaired) electrons. The van der Waals surface area contributed by atoms with Crippen LogP contribution in [0.3, 0.4) is 0 Å². The molecule has 0 spiro atoms. The van der Waals surface area contributed by atoms with Crippen molar-refractivity contribution in [1.82, 2.24) is 19.9 Å². The Hall–Kier alpha value is -2.88. The standard InChI is InChI=1S/C20H21FN4O4/c1-26-11-12-29-20-22-8-7-15(23-20)17-16(13-3-5-14(21)6-4-13)24-18(25-17)19-27-9-2-10-28-19/h3-8,19H,2,9-12H2,1H3,(H,24,25). The summed E-state index contributed by atoms with van der Waals surface area (Å²) >= 11 is 0. The number of imidazole rings is 1. The number of hydrogen-bond acceptors (Lipinski definition) is 7. The molecule has 1 aliphatic heterocycles. The molecule has 3 heterocycles. The molecule has 0 saturated carbocycles. The van der Waals surface area contributed by atoms with Gasteiger partial charge in [0.05, 0.1) is 36.9 Å². The number of H-pyrrole nitrogens is 1. The second-order valence-corrected chi connectivity index (χ2v) is 6.35. The number of rotatable bonds is 7. The Balaban J connectivity index is 1.71. The molecular weight excluding hydrogens is 379 g/mol. The van der Waals surface area contributed by atoms with E-state index in [0.29, 0.717) is 49.3 Å². The highest BCUT2D eigenvalue weighted by molar-refractivity contribution is 5.76. The first-order chi connectivity index (χ1) is 14.2. The first-order valence-corrected chi connectivity index (χ1v) is 9.29. The van der Waals surface area contributed by atoms with Crippen LogP contribution in [0.2, 0.25) is 0 Å². The summed E-state index contributed by atoms with van der Waals surface area (Å²) < 4.78 is 35.2. The molecule has 1 N–H and O–H groups in total. The van der Waals surface area contributed by atoms with Gasteiger partial charge < -0.3 is 23.9 Å². The molecule has 29 heavy (non-hydrogen) atoms. The van der Waals surface area contributed by atoms with E-state index >= 15 is 0 Å². The first kappa shape index (κ1) is 19.4. The van der Waals surface area contributed by atoms with Gasteiger partial charge in [0.2, 0.25) is 6.29 Å². The lowest BCUT2D eigenvalue weighted by Gasteiger charge is -2.21. The van der Waals surface area contributed by atoms with Crippen molar-refractivity contribution in [3.05, 3.63) is 48.2 Å². The predicted molar refractivity (Wildman–Crippen MR) is 102 cm³/mol. The number of nitrogens with zero attached hydrogens (tertiary/aromatic N) is 3. The summed E-state index contributed by atoms with van der Waals surface area (Å²) in [6.07, 6.45) is 1.85. The van der Waals surface area contributed by atoms with Crippen molar-refractivity contribution in [1.29, 1.82) is 0 Å². The van der Waals surface area contributed by atoms with Gasteiger partial charge in [-0.15, -0.1) is 0 Å². The maximum absolute atomic E-state index is 13.4. The molecule has 152 valence electrons. The smallest absolute Gasteiger partial charge is 0.317 e. The van der Waals surface area contributed by atoms with Gasteiger partial charge in [-0.3, -0.25) is 0 Å². The minimum Gasteiger partial charge on any atom is -0.461 e. The van der Waals surface area contributed by atoms with Crippen molar-refractivity contribution in [2.75, 3.05) is 33.5 Å². The molecule has 0 aliphatic carbocycles. The number of hydrogen-bond donors (Lipinski definition) is 1. The summed E-state index contributed by atoms with van der Waals surface area (Å²) in [4.78, 5) is 16.5. The van der Waals surface area contributed by atoms with Gasteiger partial charge in [-0.1, -0.05) is 0 Å². The average molecular weight is 400 g/mol. The SMILES string of the molecule is COCCOc1nccc(-c2[nH]c(C3OCCCO3)nc2-c2ccc(F)cc2)n1. The Morgan fingerprint density at radius 3 is 2.66 bits per heavy atom. The Kier molecular flexibility index (Phi) is 6.09. The summed E-state index contributed by atoms with van der Waals surface area (Å²) in [5, 5.41) is 0. The molecule has 1 fully saturated rings. The summed E-state index contributed by atoms with van der Waals surface area (Å²) in [5.74, 6) is 0.209. The Bertz CT molecular complexity index is 942. The van der Waals surface area contributed by atoms with Gasteiger partial charge in [0.1, 0.15) is 12.4 Å². The van der Waals surface area contributed by atoms with E-state index in [1.54, 1.807) is 31.5 Å². The van der Waals surface area contributed by atoms with Gasteiger partial charge in [-0.2, -0.15) is 4.98 Å². The van der Waals surface area contributed by atoms with Crippen molar-refractivity contribution in [2.24, 2.45) is 0 Å². The van der Waals surface area contributed by atoms with Crippen molar-refractivity contribution < 1.29 is 23.3 Å². The zero-order valence-electron chi connectivity index (χ0n) is 15.9. The third-order valence-electron chi connectivity index (χ3n) is 4.30. The summed E-state index contributed by atoms with van der Waals surface area (Å²) in [6.45, 7) is 1.96. The second kappa shape index (κ2) is 9.08. The van der Waals surface area contributed by atoms with E-state index in [4.69, 9.17) is 18.9 Å². The molecule has 1 aliphatic rings. The maximum Gasteiger partial charge on any atom is 0.317 e. The Morgan fingerprint density at radius 1 is 1.10 bits per heavy atom. The minimum atomic E-state index is -0.587. The quantitative estimate of drug-likeness (QED) is 0.609. The summed E-state index contributed by atoms with van der Waals surface area (Å²) in [6, 6.07) is 8.08. The van der Waals surface area contributed by atoms with Crippen molar-refractivity contribution >= 4 is 0 Å². The molecular formula is C20H21FN4O4. The number of aromatic amines is 1. The summed E-state index contributed by atoms with van der Waals surface area (Å²) in [5.41, 5.74) is 2.57. The number of benzene rings is 1. The molecule has 0 bridgehead atoms. The van der Waals surface area contributed by atoms with Crippen LogP contribution in [0.5, 0.6) is 6.01 Å². The van der Waals surface area contributed by atoms with E-state index in [9.17, 15) is 4.39 Å². The number of aromatic nitrogens is 4. The van der Waals surface area contributed by atoms with Crippen LogP contribution in [0.25, 0.3) is 22.6 Å². The maximum atomic E-state index is 13.4. The lowest BCUT2D eigenvalue weighted by Crippen LogP contribution is -2.18. The topological polar surface area (TPSA) is 91.4 Å². The fourth-order valence-electron chi connectivity index (χ4n) is 2.92. The van der Waals surface area contributed by atoms with E-state index in [-0.39, 0.29) is 11.8 Å². The third-order valence-corrected chi connectivity index (χ3v) is 4.30. The first-order valence-electron chi connectivity index (χ1n) is 9.29. The van der Waals surface area contributed by atoms with Crippen LogP contribution in [0.15, 0.2) is 36.5 Å². The van der Waals surface area contributed by atoms with Crippen LogP contribution in [-0.4, -0.2) is 53.5 Å². The lowest BCUT2D eigenvalue weighted by molar-refractivity contribution is -0.186. The van der Waals surface area contributed by atoms with Crippen LogP contribution in [0, 0.1) is 5.82 Å². The predicted octanol–water partition coefficient (Wildman–Crippen LogP) is 3.13. The fourth-order valence-corrected chi connectivity index (χ4v) is 2.92. The molecule has 1 aromatic carbocycles. The number of methoxy groups -OCH3 is 1. The van der Waals surface area contributed by atoms with Crippen LogP contribution in [-0.2, 0) is 14.2 Å². The van der Waals surface area contributed by atoms with Gasteiger partial charge in [0.25, 0.3) is 0 Å². The van der Waals surface area contributed by atoms with E-state index < -0.39 is 6.29 Å². The molecule has 0 atom stereocenters. The molecule has 9 heteroatoms. The minimum absolute atomic E-state index is 0.228. The number of ether oxygens (including phenoxy) is 4. The second-order valence-electron chi connectivity index (χ2n) is 6.35.